The fourth-order valence-corrected chi connectivity index (χ4v) is 5.04. The van der Waals surface area contributed by atoms with E-state index in [2.05, 4.69) is 57.7 Å². The maximum Gasteiger partial charge on any atom is 0.337 e. The van der Waals surface area contributed by atoms with Gasteiger partial charge in [-0.05, 0) is 73.1 Å². The summed E-state index contributed by atoms with van der Waals surface area (Å²) >= 11 is 0. The van der Waals surface area contributed by atoms with Crippen molar-refractivity contribution in [2.24, 2.45) is 0 Å². The van der Waals surface area contributed by atoms with Crippen LogP contribution in [0, 0.1) is 0 Å². The van der Waals surface area contributed by atoms with E-state index in [1.54, 1.807) is 12.3 Å². The molecule has 0 fully saturated rings. The summed E-state index contributed by atoms with van der Waals surface area (Å²) in [6, 6.07) is 17.2. The number of carboxylic acid groups (broad SMARTS) is 1. The molecule has 0 bridgehead atoms. The van der Waals surface area contributed by atoms with Gasteiger partial charge in [0.1, 0.15) is 0 Å². The summed E-state index contributed by atoms with van der Waals surface area (Å²) in [5, 5.41) is 12.8. The first-order valence-electron chi connectivity index (χ1n) is 11.1. The molecule has 1 atom stereocenters. The molecule has 1 aliphatic heterocycles. The van der Waals surface area contributed by atoms with Crippen LogP contribution in [-0.4, -0.2) is 29.1 Å². The summed E-state index contributed by atoms with van der Waals surface area (Å²) in [6.45, 7) is 1.77. The van der Waals surface area contributed by atoms with Gasteiger partial charge in [0.25, 0.3) is 0 Å². The number of carboxylic acids is 1. The number of rotatable bonds is 5. The minimum absolute atomic E-state index is 0.269. The fraction of sp³-hybridized carbons (Fsp3) is 0.308. The number of hydrogen-bond acceptors (Lipinski definition) is 4. The molecule has 1 unspecified atom stereocenters. The third-order valence-electron chi connectivity index (χ3n) is 6.58. The van der Waals surface area contributed by atoms with E-state index in [1.807, 2.05) is 0 Å². The van der Waals surface area contributed by atoms with E-state index in [4.69, 9.17) is 0 Å². The van der Waals surface area contributed by atoms with Crippen LogP contribution in [0.3, 0.4) is 0 Å². The topological polar surface area (TPSA) is 65.5 Å². The SMILES string of the molecule is O=C(O)c1ccncc1NCC1CCCc2cc(N3CCCc4ccccc43)ccc21. The van der Waals surface area contributed by atoms with Crippen molar-refractivity contribution in [3.8, 4) is 0 Å². The van der Waals surface area contributed by atoms with Gasteiger partial charge < -0.3 is 15.3 Å². The number of para-hydroxylation sites is 1. The van der Waals surface area contributed by atoms with Gasteiger partial charge >= 0.3 is 5.97 Å². The molecule has 5 rings (SSSR count). The van der Waals surface area contributed by atoms with E-state index in [0.29, 0.717) is 18.2 Å². The summed E-state index contributed by atoms with van der Waals surface area (Å²) in [7, 11) is 0. The lowest BCUT2D eigenvalue weighted by atomic mass is 9.82. The van der Waals surface area contributed by atoms with Gasteiger partial charge in [0.2, 0.25) is 0 Å². The van der Waals surface area contributed by atoms with Gasteiger partial charge in [0.15, 0.2) is 0 Å². The number of fused-ring (bicyclic) bond motifs is 2. The molecule has 31 heavy (non-hydrogen) atoms. The van der Waals surface area contributed by atoms with Crippen molar-refractivity contribution < 1.29 is 9.90 Å². The molecule has 0 saturated heterocycles. The molecule has 0 amide bonds. The summed E-state index contributed by atoms with van der Waals surface area (Å²) in [4.78, 5) is 18.0. The lowest BCUT2D eigenvalue weighted by molar-refractivity contribution is 0.0698. The lowest BCUT2D eigenvalue weighted by Crippen LogP contribution is -2.25. The normalized spacial score (nSPS) is 17.5. The highest BCUT2D eigenvalue weighted by Crippen LogP contribution is 2.38. The molecule has 158 valence electrons. The van der Waals surface area contributed by atoms with Gasteiger partial charge in [-0.15, -0.1) is 0 Å². The van der Waals surface area contributed by atoms with Crippen molar-refractivity contribution in [3.05, 3.63) is 83.2 Å². The molecule has 3 aromatic rings. The molecule has 5 heteroatoms. The smallest absolute Gasteiger partial charge is 0.337 e. The molecule has 5 nitrogen and oxygen atoms in total. The van der Waals surface area contributed by atoms with Gasteiger partial charge in [-0.2, -0.15) is 0 Å². The second-order valence-electron chi connectivity index (χ2n) is 8.46. The van der Waals surface area contributed by atoms with Crippen LogP contribution in [0.2, 0.25) is 0 Å². The Labute approximate surface area is 182 Å². The third-order valence-corrected chi connectivity index (χ3v) is 6.58. The van der Waals surface area contributed by atoms with E-state index in [1.165, 1.54) is 40.7 Å². The average Bonchev–Trinajstić information content (AvgIpc) is 2.82. The van der Waals surface area contributed by atoms with Crippen molar-refractivity contribution in [1.82, 2.24) is 4.98 Å². The van der Waals surface area contributed by atoms with Gasteiger partial charge in [-0.1, -0.05) is 24.3 Å². The van der Waals surface area contributed by atoms with Crippen molar-refractivity contribution in [1.29, 1.82) is 0 Å². The molecule has 2 aromatic carbocycles. The lowest BCUT2D eigenvalue weighted by Gasteiger charge is -2.33. The zero-order valence-corrected chi connectivity index (χ0v) is 17.6. The number of pyridine rings is 1. The number of anilines is 3. The standard InChI is InChI=1S/C26H27N3O2/c30-26(31)23-12-13-27-17-24(23)28-16-20-7-3-6-19-15-21(10-11-22(19)20)29-14-4-8-18-5-1-2-9-25(18)29/h1-2,5,9-13,15,17,20,28H,3-4,6-8,14,16H2,(H,30,31). The summed E-state index contributed by atoms with van der Waals surface area (Å²) in [5.41, 5.74) is 7.70. The number of carbonyl (C=O) groups is 1. The van der Waals surface area contributed by atoms with Crippen LogP contribution in [-0.2, 0) is 12.8 Å². The number of nitrogens with one attached hydrogen (secondary N) is 1. The maximum atomic E-state index is 11.5. The van der Waals surface area contributed by atoms with Crippen LogP contribution >= 0.6 is 0 Å². The predicted octanol–water partition coefficient (Wildman–Crippen LogP) is 5.40. The second-order valence-corrected chi connectivity index (χ2v) is 8.46. The Morgan fingerprint density at radius 3 is 2.87 bits per heavy atom. The highest BCUT2D eigenvalue weighted by molar-refractivity contribution is 5.93. The Balaban J connectivity index is 1.38. The van der Waals surface area contributed by atoms with Crippen LogP contribution in [0.4, 0.5) is 17.1 Å². The molecule has 1 aliphatic carbocycles. The maximum absolute atomic E-state index is 11.5. The van der Waals surface area contributed by atoms with E-state index in [0.717, 1.165) is 32.2 Å². The molecule has 0 saturated carbocycles. The van der Waals surface area contributed by atoms with Gasteiger partial charge in [0.05, 0.1) is 17.4 Å². The highest BCUT2D eigenvalue weighted by atomic mass is 16.4. The Kier molecular flexibility index (Phi) is 5.33. The van der Waals surface area contributed by atoms with Crippen LogP contribution in [0.15, 0.2) is 60.9 Å². The van der Waals surface area contributed by atoms with E-state index in [9.17, 15) is 9.90 Å². The van der Waals surface area contributed by atoms with Crippen LogP contribution in [0.1, 0.15) is 52.2 Å². The van der Waals surface area contributed by atoms with E-state index < -0.39 is 5.97 Å². The van der Waals surface area contributed by atoms with Crippen molar-refractivity contribution in [2.75, 3.05) is 23.3 Å². The number of aromatic carboxylic acids is 1. The third kappa shape index (κ3) is 3.88. The zero-order chi connectivity index (χ0) is 21.2. The Bertz CT molecular complexity index is 1110. The molecule has 0 spiro atoms. The first-order chi connectivity index (χ1) is 15.2. The minimum atomic E-state index is -0.930. The summed E-state index contributed by atoms with van der Waals surface area (Å²) < 4.78 is 0. The fourth-order valence-electron chi connectivity index (χ4n) is 5.04. The second kappa shape index (κ2) is 8.42. The number of benzene rings is 2. The molecule has 2 N–H and O–H groups in total. The Hall–Kier alpha value is -3.34. The molecule has 2 aliphatic rings. The Morgan fingerprint density at radius 2 is 1.97 bits per heavy atom. The van der Waals surface area contributed by atoms with Crippen LogP contribution in [0.25, 0.3) is 0 Å². The first kappa shape index (κ1) is 19.6. The van der Waals surface area contributed by atoms with Gasteiger partial charge in [-0.3, -0.25) is 4.98 Å². The summed E-state index contributed by atoms with van der Waals surface area (Å²) in [6.07, 6.45) is 8.81. The molecular formula is C26H27N3O2. The predicted molar refractivity (Wildman–Crippen MR) is 124 cm³/mol. The van der Waals surface area contributed by atoms with Gasteiger partial charge in [-0.25, -0.2) is 4.79 Å². The average molecular weight is 414 g/mol. The van der Waals surface area contributed by atoms with E-state index >= 15 is 0 Å². The number of nitrogens with zero attached hydrogens (tertiary/aromatic N) is 2. The molecule has 1 aromatic heterocycles. The molecular weight excluding hydrogens is 386 g/mol. The van der Waals surface area contributed by atoms with E-state index in [-0.39, 0.29) is 5.56 Å². The minimum Gasteiger partial charge on any atom is -0.478 e. The molecule has 0 radical (unpaired) electrons. The summed E-state index contributed by atoms with van der Waals surface area (Å²) in [5.74, 6) is -0.561. The van der Waals surface area contributed by atoms with Crippen molar-refractivity contribution >= 4 is 23.0 Å². The number of aryl methyl sites for hydroxylation is 2. The van der Waals surface area contributed by atoms with Crippen LogP contribution in [0.5, 0.6) is 0 Å². The highest BCUT2D eigenvalue weighted by Gasteiger charge is 2.24. The van der Waals surface area contributed by atoms with Crippen molar-refractivity contribution in [3.63, 3.8) is 0 Å². The molecule has 2 heterocycles. The number of hydrogen-bond donors (Lipinski definition) is 2. The first-order valence-corrected chi connectivity index (χ1v) is 11.1. The largest absolute Gasteiger partial charge is 0.478 e. The van der Waals surface area contributed by atoms with Gasteiger partial charge in [0, 0.05) is 36.6 Å². The van der Waals surface area contributed by atoms with Crippen LogP contribution < -0.4 is 10.2 Å². The monoisotopic (exact) mass is 413 g/mol. The quantitative estimate of drug-likeness (QED) is 0.587. The number of aromatic nitrogens is 1. The zero-order valence-electron chi connectivity index (χ0n) is 17.6. The Morgan fingerprint density at radius 1 is 1.10 bits per heavy atom. The van der Waals surface area contributed by atoms with Crippen molar-refractivity contribution in [2.45, 2.75) is 38.0 Å².